The molecule has 0 saturated heterocycles. The molecule has 4 aliphatic rings. The van der Waals surface area contributed by atoms with E-state index < -0.39 is 0 Å². The third kappa shape index (κ3) is 4.56. The summed E-state index contributed by atoms with van der Waals surface area (Å²) in [5, 5.41) is 3.57. The van der Waals surface area contributed by atoms with Crippen LogP contribution < -0.4 is 5.32 Å². The number of ether oxygens (including phenoxy) is 2. The Labute approximate surface area is 185 Å². The predicted molar refractivity (Wildman–Crippen MR) is 120 cm³/mol. The number of methoxy groups -OCH3 is 2. The van der Waals surface area contributed by atoms with E-state index in [4.69, 9.17) is 26.1 Å². The number of hydrogen-bond donors (Lipinski definition) is 1. The van der Waals surface area contributed by atoms with E-state index in [1.165, 1.54) is 29.7 Å². The standard InChI is InChI=1S/C24H35ClN2O3/c1-29-21-13-15-10-11-26-23(19(15)14-22(21)30-2)18-8-3-4-9-20(18)27-24(28)16-6-5-7-17(25)12-16/h16-18,20H,3-14H2,1-2H3,(H,27,28). The normalized spacial score (nSPS) is 32.3. The number of nitrogens with one attached hydrogen (secondary N) is 1. The Kier molecular flexibility index (Phi) is 7.07. The number of rotatable bonds is 5. The van der Waals surface area contributed by atoms with Crippen LogP contribution in [0.3, 0.4) is 0 Å². The molecule has 0 aromatic rings. The summed E-state index contributed by atoms with van der Waals surface area (Å²) in [7, 11) is 3.44. The lowest BCUT2D eigenvalue weighted by molar-refractivity contribution is -0.127. The number of aliphatic imine (C=N–C) groups is 1. The zero-order valence-corrected chi connectivity index (χ0v) is 19.1. The van der Waals surface area contributed by atoms with E-state index in [2.05, 4.69) is 5.32 Å². The highest BCUT2D eigenvalue weighted by Gasteiger charge is 2.37. The summed E-state index contributed by atoms with van der Waals surface area (Å²) < 4.78 is 11.2. The molecular weight excluding hydrogens is 400 g/mol. The molecule has 4 rings (SSSR count). The molecule has 5 nitrogen and oxygen atoms in total. The molecule has 0 radical (unpaired) electrons. The first kappa shape index (κ1) is 21.7. The Bertz CT molecular complexity index is 758. The zero-order chi connectivity index (χ0) is 21.1. The van der Waals surface area contributed by atoms with Crippen LogP contribution in [-0.4, -0.2) is 43.8 Å². The molecule has 2 saturated carbocycles. The Morgan fingerprint density at radius 1 is 1.03 bits per heavy atom. The van der Waals surface area contributed by atoms with Crippen molar-refractivity contribution in [1.82, 2.24) is 5.32 Å². The Morgan fingerprint density at radius 2 is 1.80 bits per heavy atom. The summed E-state index contributed by atoms with van der Waals surface area (Å²) in [5.41, 5.74) is 3.99. The van der Waals surface area contributed by atoms with Crippen molar-refractivity contribution >= 4 is 23.2 Å². The quantitative estimate of drug-likeness (QED) is 0.626. The van der Waals surface area contributed by atoms with Gasteiger partial charge in [-0.15, -0.1) is 11.6 Å². The minimum Gasteiger partial charge on any atom is -0.497 e. The van der Waals surface area contributed by atoms with Crippen molar-refractivity contribution < 1.29 is 14.3 Å². The molecule has 4 unspecified atom stereocenters. The maximum absolute atomic E-state index is 13.0. The summed E-state index contributed by atoms with van der Waals surface area (Å²) in [6.45, 7) is 0.835. The van der Waals surface area contributed by atoms with Gasteiger partial charge in [0.2, 0.25) is 5.91 Å². The number of nitrogens with zero attached hydrogens (tertiary/aromatic N) is 1. The summed E-state index contributed by atoms with van der Waals surface area (Å²) in [5.74, 6) is 2.42. The molecule has 0 aromatic carbocycles. The third-order valence-electron chi connectivity index (χ3n) is 7.37. The minimum absolute atomic E-state index is 0.0638. The van der Waals surface area contributed by atoms with Crippen LogP contribution in [0.2, 0.25) is 0 Å². The molecule has 30 heavy (non-hydrogen) atoms. The molecule has 3 aliphatic carbocycles. The van der Waals surface area contributed by atoms with Gasteiger partial charge in [-0.1, -0.05) is 24.8 Å². The van der Waals surface area contributed by atoms with Gasteiger partial charge in [0.15, 0.2) is 0 Å². The second kappa shape index (κ2) is 9.76. The molecule has 1 amide bonds. The molecule has 1 aliphatic heterocycles. The van der Waals surface area contributed by atoms with Gasteiger partial charge in [-0.2, -0.15) is 0 Å². The Morgan fingerprint density at radius 3 is 2.57 bits per heavy atom. The molecule has 166 valence electrons. The molecule has 6 heteroatoms. The van der Waals surface area contributed by atoms with Crippen molar-refractivity contribution in [3.8, 4) is 0 Å². The van der Waals surface area contributed by atoms with Gasteiger partial charge in [0.25, 0.3) is 0 Å². The number of halogens is 1. The van der Waals surface area contributed by atoms with Crippen molar-refractivity contribution in [3.05, 3.63) is 22.7 Å². The van der Waals surface area contributed by atoms with Crippen molar-refractivity contribution in [2.75, 3.05) is 20.8 Å². The van der Waals surface area contributed by atoms with Crippen LogP contribution in [0.25, 0.3) is 0 Å². The molecule has 2 fully saturated rings. The fourth-order valence-electron chi connectivity index (χ4n) is 5.71. The van der Waals surface area contributed by atoms with Gasteiger partial charge >= 0.3 is 0 Å². The van der Waals surface area contributed by atoms with Crippen LogP contribution in [0.1, 0.15) is 70.6 Å². The average molecular weight is 435 g/mol. The van der Waals surface area contributed by atoms with Gasteiger partial charge in [-0.25, -0.2) is 0 Å². The SMILES string of the molecule is COC1=C(OC)CC2=C(CCN=C2C2CCCCC2NC(=O)C2CCCC(Cl)C2)C1. The van der Waals surface area contributed by atoms with Gasteiger partial charge in [-0.3, -0.25) is 9.79 Å². The van der Waals surface area contributed by atoms with E-state index in [1.807, 2.05) is 0 Å². The van der Waals surface area contributed by atoms with Crippen LogP contribution in [0, 0.1) is 11.8 Å². The van der Waals surface area contributed by atoms with Crippen molar-refractivity contribution in [3.63, 3.8) is 0 Å². The van der Waals surface area contributed by atoms with Crippen molar-refractivity contribution in [2.24, 2.45) is 16.8 Å². The molecule has 0 bridgehead atoms. The van der Waals surface area contributed by atoms with Crippen molar-refractivity contribution in [1.29, 1.82) is 0 Å². The number of alkyl halides is 1. The second-order valence-electron chi connectivity index (χ2n) is 9.17. The summed E-state index contributed by atoms with van der Waals surface area (Å²) in [6.07, 6.45) is 10.9. The number of carbonyl (C=O) groups is 1. The molecular formula is C24H35ClN2O3. The summed E-state index contributed by atoms with van der Waals surface area (Å²) >= 11 is 6.34. The van der Waals surface area contributed by atoms with E-state index >= 15 is 0 Å². The van der Waals surface area contributed by atoms with Crippen LogP contribution in [0.15, 0.2) is 27.7 Å². The fraction of sp³-hybridized carbons (Fsp3) is 0.750. The lowest BCUT2D eigenvalue weighted by Crippen LogP contribution is -2.48. The largest absolute Gasteiger partial charge is 0.497 e. The van der Waals surface area contributed by atoms with Gasteiger partial charge in [0, 0.05) is 48.4 Å². The zero-order valence-electron chi connectivity index (χ0n) is 18.3. The number of hydrogen-bond acceptors (Lipinski definition) is 4. The predicted octanol–water partition coefficient (Wildman–Crippen LogP) is 4.90. The highest BCUT2D eigenvalue weighted by Crippen LogP contribution is 2.39. The highest BCUT2D eigenvalue weighted by molar-refractivity contribution is 6.20. The minimum atomic E-state index is 0.0638. The first-order valence-corrected chi connectivity index (χ1v) is 12.0. The second-order valence-corrected chi connectivity index (χ2v) is 9.79. The van der Waals surface area contributed by atoms with E-state index in [0.29, 0.717) is 5.92 Å². The van der Waals surface area contributed by atoms with Crippen LogP contribution >= 0.6 is 11.6 Å². The lowest BCUT2D eigenvalue weighted by Gasteiger charge is -2.38. The molecule has 1 heterocycles. The summed E-state index contributed by atoms with van der Waals surface area (Å²) in [6, 6.07) is 0.173. The maximum Gasteiger partial charge on any atom is 0.223 e. The van der Waals surface area contributed by atoms with Gasteiger partial charge < -0.3 is 14.8 Å². The Balaban J connectivity index is 1.50. The average Bonchev–Trinajstić information content (AvgIpc) is 2.78. The fourth-order valence-corrected chi connectivity index (χ4v) is 6.08. The first-order valence-electron chi connectivity index (χ1n) is 11.6. The summed E-state index contributed by atoms with van der Waals surface area (Å²) in [4.78, 5) is 18.0. The first-order chi connectivity index (χ1) is 14.6. The van der Waals surface area contributed by atoms with E-state index in [1.54, 1.807) is 14.2 Å². The van der Waals surface area contributed by atoms with Crippen LogP contribution in [0.5, 0.6) is 0 Å². The van der Waals surface area contributed by atoms with Gasteiger partial charge in [0.1, 0.15) is 11.5 Å². The molecule has 1 N–H and O–H groups in total. The number of carbonyl (C=O) groups excluding carboxylic acids is 1. The molecule has 0 spiro atoms. The van der Waals surface area contributed by atoms with E-state index in [9.17, 15) is 4.79 Å². The number of dihydropyridines is 1. The smallest absolute Gasteiger partial charge is 0.223 e. The van der Waals surface area contributed by atoms with Crippen molar-refractivity contribution in [2.45, 2.75) is 82.0 Å². The van der Waals surface area contributed by atoms with Crippen LogP contribution in [-0.2, 0) is 14.3 Å². The van der Waals surface area contributed by atoms with Gasteiger partial charge in [0.05, 0.1) is 14.2 Å². The maximum atomic E-state index is 13.0. The topological polar surface area (TPSA) is 59.9 Å². The third-order valence-corrected chi connectivity index (χ3v) is 7.77. The molecule has 0 aromatic heterocycles. The number of amides is 1. The van der Waals surface area contributed by atoms with E-state index in [-0.39, 0.29) is 23.2 Å². The van der Waals surface area contributed by atoms with Crippen LogP contribution in [0.4, 0.5) is 0 Å². The number of allylic oxidation sites excluding steroid dienone is 2. The molecule has 4 atom stereocenters. The van der Waals surface area contributed by atoms with E-state index in [0.717, 1.165) is 75.9 Å². The Hall–Kier alpha value is -1.49. The highest BCUT2D eigenvalue weighted by atomic mass is 35.5. The lowest BCUT2D eigenvalue weighted by atomic mass is 9.74. The van der Waals surface area contributed by atoms with Gasteiger partial charge in [-0.05, 0) is 44.1 Å². The monoisotopic (exact) mass is 434 g/mol.